The number of aromatic nitrogens is 2. The molecule has 1 saturated carbocycles. The van der Waals surface area contributed by atoms with Crippen molar-refractivity contribution in [2.45, 2.75) is 24.7 Å². The zero-order valence-electron chi connectivity index (χ0n) is 9.48. The molecule has 0 N–H and O–H groups in total. The van der Waals surface area contributed by atoms with Crippen LogP contribution in [0, 0.1) is 5.92 Å². The van der Waals surface area contributed by atoms with E-state index in [2.05, 4.69) is 15.9 Å². The predicted molar refractivity (Wildman–Crippen MR) is 66.7 cm³/mol. The van der Waals surface area contributed by atoms with E-state index in [0.717, 1.165) is 17.4 Å². The molecule has 0 unspecified atom stereocenters. The normalized spacial score (nSPS) is 14.9. The zero-order chi connectivity index (χ0) is 12.6. The van der Waals surface area contributed by atoms with Crippen LogP contribution in [0.3, 0.4) is 0 Å². The van der Waals surface area contributed by atoms with Gasteiger partial charge in [-0.1, -0.05) is 15.9 Å². The molecule has 0 atom stereocenters. The summed E-state index contributed by atoms with van der Waals surface area (Å²) in [4.78, 5) is 34.7. The Morgan fingerprint density at radius 1 is 1.41 bits per heavy atom. The molecule has 0 radical (unpaired) electrons. The Hall–Kier alpha value is -1.17. The second kappa shape index (κ2) is 4.60. The van der Waals surface area contributed by atoms with E-state index >= 15 is 0 Å². The third-order valence-corrected chi connectivity index (χ3v) is 3.60. The molecule has 0 spiro atoms. The third kappa shape index (κ3) is 2.13. The molecule has 2 rings (SSSR count). The lowest BCUT2D eigenvalue weighted by atomic mass is 10.2. The van der Waals surface area contributed by atoms with Crippen LogP contribution in [0.2, 0.25) is 0 Å². The number of hydrogen-bond acceptors (Lipinski definition) is 3. The second-order valence-corrected chi connectivity index (χ2v) is 4.87. The summed E-state index contributed by atoms with van der Waals surface area (Å²) in [6.07, 6.45) is 2.74. The maximum Gasteiger partial charge on any atom is 0.330 e. The molecule has 1 fully saturated rings. The fourth-order valence-electron chi connectivity index (χ4n) is 1.84. The first-order chi connectivity index (χ1) is 8.10. The molecule has 17 heavy (non-hydrogen) atoms. The lowest BCUT2D eigenvalue weighted by Crippen LogP contribution is -2.42. The van der Waals surface area contributed by atoms with E-state index in [0.29, 0.717) is 29.8 Å². The van der Waals surface area contributed by atoms with Gasteiger partial charge in [0.1, 0.15) is 5.56 Å². The molecular formula is C11H13BrN2O3. The lowest BCUT2D eigenvalue weighted by Gasteiger charge is -2.13. The first-order valence-electron chi connectivity index (χ1n) is 5.44. The van der Waals surface area contributed by atoms with Crippen LogP contribution >= 0.6 is 15.9 Å². The Labute approximate surface area is 106 Å². The minimum atomic E-state index is -0.522. The Balaban J connectivity index is 2.69. The number of rotatable bonds is 4. The molecule has 0 amide bonds. The van der Waals surface area contributed by atoms with Crippen LogP contribution in [0.15, 0.2) is 9.59 Å². The van der Waals surface area contributed by atoms with Gasteiger partial charge in [-0.15, -0.1) is 0 Å². The molecule has 0 saturated heterocycles. The molecule has 92 valence electrons. The highest BCUT2D eigenvalue weighted by atomic mass is 79.9. The summed E-state index contributed by atoms with van der Waals surface area (Å²) in [6.45, 7) is 0.592. The first-order valence-corrected chi connectivity index (χ1v) is 6.56. The van der Waals surface area contributed by atoms with Crippen molar-refractivity contribution in [3.05, 3.63) is 32.1 Å². The van der Waals surface area contributed by atoms with Crippen molar-refractivity contribution in [1.82, 2.24) is 9.13 Å². The first kappa shape index (κ1) is 12.3. The minimum Gasteiger partial charge on any atom is -0.298 e. The number of nitrogens with zero attached hydrogens (tertiary/aromatic N) is 2. The average Bonchev–Trinajstić information content (AvgIpc) is 3.13. The van der Waals surface area contributed by atoms with Gasteiger partial charge in [-0.3, -0.25) is 18.7 Å². The van der Waals surface area contributed by atoms with E-state index in [9.17, 15) is 14.4 Å². The van der Waals surface area contributed by atoms with Crippen molar-refractivity contribution < 1.29 is 4.79 Å². The number of alkyl halides is 1. The maximum absolute atomic E-state index is 12.0. The smallest absolute Gasteiger partial charge is 0.298 e. The quantitative estimate of drug-likeness (QED) is 0.606. The number of hydrogen-bond donors (Lipinski definition) is 0. The van der Waals surface area contributed by atoms with Crippen LogP contribution in [0.1, 0.15) is 28.9 Å². The second-order valence-electron chi connectivity index (χ2n) is 4.31. The molecule has 0 aliphatic heterocycles. The van der Waals surface area contributed by atoms with Crippen LogP contribution in [-0.2, 0) is 18.9 Å². The van der Waals surface area contributed by atoms with E-state index in [1.807, 2.05) is 0 Å². The van der Waals surface area contributed by atoms with E-state index in [4.69, 9.17) is 0 Å². The summed E-state index contributed by atoms with van der Waals surface area (Å²) in [6, 6.07) is 0. The monoisotopic (exact) mass is 300 g/mol. The topological polar surface area (TPSA) is 61.1 Å². The standard InChI is InChI=1S/C11H13BrN2O3/c1-13-10(16)8(6-15)9(4-12)14(11(13)17)5-7-2-3-7/h6-7H,2-5H2,1H3. The molecule has 1 aliphatic rings. The fourth-order valence-corrected chi connectivity index (χ4v) is 2.45. The van der Waals surface area contributed by atoms with Crippen LogP contribution in [0.5, 0.6) is 0 Å². The molecule has 1 heterocycles. The molecule has 0 bridgehead atoms. The van der Waals surface area contributed by atoms with Crippen LogP contribution in [-0.4, -0.2) is 15.4 Å². The molecule has 1 aromatic heterocycles. The molecule has 1 aromatic rings. The SMILES string of the molecule is Cn1c(=O)c(C=O)c(CBr)n(CC2CC2)c1=O. The molecule has 1 aliphatic carbocycles. The molecule has 5 nitrogen and oxygen atoms in total. The summed E-state index contributed by atoms with van der Waals surface area (Å²) in [5.74, 6) is 0.502. The highest BCUT2D eigenvalue weighted by Crippen LogP contribution is 2.30. The van der Waals surface area contributed by atoms with Crippen molar-refractivity contribution in [3.8, 4) is 0 Å². The molecular weight excluding hydrogens is 288 g/mol. The van der Waals surface area contributed by atoms with Gasteiger partial charge in [0.25, 0.3) is 5.56 Å². The number of carbonyl (C=O) groups excluding carboxylic acids is 1. The van der Waals surface area contributed by atoms with Crippen molar-refractivity contribution in [1.29, 1.82) is 0 Å². The zero-order valence-corrected chi connectivity index (χ0v) is 11.1. The van der Waals surface area contributed by atoms with Gasteiger partial charge >= 0.3 is 5.69 Å². The lowest BCUT2D eigenvalue weighted by molar-refractivity contribution is 0.111. The van der Waals surface area contributed by atoms with Gasteiger partial charge < -0.3 is 0 Å². The van der Waals surface area contributed by atoms with E-state index in [-0.39, 0.29) is 11.3 Å². The molecule has 6 heteroatoms. The highest BCUT2D eigenvalue weighted by molar-refractivity contribution is 9.08. The van der Waals surface area contributed by atoms with Gasteiger partial charge in [0.2, 0.25) is 0 Å². The van der Waals surface area contributed by atoms with Gasteiger partial charge in [0.15, 0.2) is 6.29 Å². The van der Waals surface area contributed by atoms with E-state index in [1.165, 1.54) is 11.6 Å². The molecule has 0 aromatic carbocycles. The van der Waals surface area contributed by atoms with Gasteiger partial charge in [-0.2, -0.15) is 0 Å². The van der Waals surface area contributed by atoms with Gasteiger partial charge in [-0.05, 0) is 18.8 Å². The van der Waals surface area contributed by atoms with Crippen molar-refractivity contribution in [2.24, 2.45) is 13.0 Å². The summed E-state index contributed by atoms with van der Waals surface area (Å²) in [7, 11) is 1.40. The van der Waals surface area contributed by atoms with Crippen molar-refractivity contribution in [3.63, 3.8) is 0 Å². The van der Waals surface area contributed by atoms with Gasteiger partial charge in [0.05, 0.1) is 0 Å². The average molecular weight is 301 g/mol. The van der Waals surface area contributed by atoms with Crippen LogP contribution in [0.25, 0.3) is 0 Å². The summed E-state index contributed by atoms with van der Waals surface area (Å²) in [5, 5.41) is 0.332. The Kier molecular flexibility index (Phi) is 3.33. The number of halogens is 1. The summed E-state index contributed by atoms with van der Waals surface area (Å²) < 4.78 is 2.54. The summed E-state index contributed by atoms with van der Waals surface area (Å²) >= 11 is 3.24. The van der Waals surface area contributed by atoms with Gasteiger partial charge in [0, 0.05) is 24.6 Å². The van der Waals surface area contributed by atoms with Crippen LogP contribution < -0.4 is 11.2 Å². The number of carbonyl (C=O) groups is 1. The highest BCUT2D eigenvalue weighted by Gasteiger charge is 2.25. The predicted octanol–water partition coefficient (Wildman–Crippen LogP) is 0.664. The van der Waals surface area contributed by atoms with E-state index in [1.54, 1.807) is 0 Å². The number of aldehydes is 1. The minimum absolute atomic E-state index is 0.0737. The van der Waals surface area contributed by atoms with Crippen molar-refractivity contribution in [2.75, 3.05) is 0 Å². The summed E-state index contributed by atoms with van der Waals surface area (Å²) in [5.41, 5.74) is -0.307. The Morgan fingerprint density at radius 2 is 2.06 bits per heavy atom. The van der Waals surface area contributed by atoms with Crippen molar-refractivity contribution >= 4 is 22.2 Å². The van der Waals surface area contributed by atoms with Gasteiger partial charge in [-0.25, -0.2) is 4.79 Å². The Bertz CT molecular complexity index is 569. The fraction of sp³-hybridized carbons (Fsp3) is 0.545. The maximum atomic E-state index is 12.0. The van der Waals surface area contributed by atoms with E-state index < -0.39 is 5.56 Å². The van der Waals surface area contributed by atoms with Crippen LogP contribution in [0.4, 0.5) is 0 Å². The third-order valence-electron chi connectivity index (χ3n) is 3.07. The Morgan fingerprint density at radius 3 is 2.53 bits per heavy atom. The largest absolute Gasteiger partial charge is 0.330 e.